The van der Waals surface area contributed by atoms with E-state index in [4.69, 9.17) is 17.3 Å². The van der Waals surface area contributed by atoms with Crippen molar-refractivity contribution in [1.82, 2.24) is 4.98 Å². The van der Waals surface area contributed by atoms with Crippen molar-refractivity contribution < 1.29 is 4.21 Å². The first-order valence-electron chi connectivity index (χ1n) is 5.92. The zero-order chi connectivity index (χ0) is 13.7. The maximum atomic E-state index is 12.2. The first-order valence-corrected chi connectivity index (χ1v) is 7.78. The molecule has 1 unspecified atom stereocenters. The van der Waals surface area contributed by atoms with Crippen LogP contribution in [0.2, 0.25) is 5.02 Å². The fourth-order valence-corrected chi connectivity index (χ4v) is 3.39. The molecule has 0 bridgehead atoms. The first-order chi connectivity index (χ1) is 9.20. The predicted molar refractivity (Wildman–Crippen MR) is 79.1 cm³/mol. The molecule has 0 spiro atoms. The van der Waals surface area contributed by atoms with Gasteiger partial charge in [-0.2, -0.15) is 0 Å². The fraction of sp³-hybridized carbons (Fsp3) is 0.214. The Hall–Kier alpha value is -1.23. The number of aromatic nitrogens is 1. The molecule has 3 nitrogen and oxygen atoms in total. The highest BCUT2D eigenvalue weighted by molar-refractivity contribution is 7.83. The molecular weight excluding hydrogens is 280 g/mol. The Morgan fingerprint density at radius 3 is 2.53 bits per heavy atom. The largest absolute Gasteiger partial charge is 0.325 e. The second-order valence-electron chi connectivity index (χ2n) is 4.13. The summed E-state index contributed by atoms with van der Waals surface area (Å²) in [4.78, 5) is 4.19. The van der Waals surface area contributed by atoms with Gasteiger partial charge in [0.15, 0.2) is 0 Å². The molecule has 1 atom stereocenters. The van der Waals surface area contributed by atoms with Crippen molar-refractivity contribution >= 4 is 22.4 Å². The lowest BCUT2D eigenvalue weighted by Crippen LogP contribution is -2.07. The molecule has 2 aromatic rings. The van der Waals surface area contributed by atoms with E-state index in [0.29, 0.717) is 23.1 Å². The third-order valence-electron chi connectivity index (χ3n) is 2.77. The smallest absolute Gasteiger partial charge is 0.0580 e. The molecule has 0 saturated carbocycles. The minimum atomic E-state index is -1.02. The number of rotatable bonds is 5. The number of halogens is 1. The molecule has 2 N–H and O–H groups in total. The van der Waals surface area contributed by atoms with Crippen LogP contribution in [0.4, 0.5) is 0 Å². The summed E-state index contributed by atoms with van der Waals surface area (Å²) in [7, 11) is -1.02. The number of nitrogens with zero attached hydrogens (tertiary/aromatic N) is 1. The van der Waals surface area contributed by atoms with Crippen LogP contribution in [-0.2, 0) is 28.9 Å². The van der Waals surface area contributed by atoms with Gasteiger partial charge >= 0.3 is 0 Å². The van der Waals surface area contributed by atoms with E-state index in [-0.39, 0.29) is 0 Å². The minimum absolute atomic E-state index is 0.361. The quantitative estimate of drug-likeness (QED) is 0.922. The normalized spacial score (nSPS) is 12.3. The van der Waals surface area contributed by atoms with E-state index in [1.165, 1.54) is 0 Å². The molecule has 0 radical (unpaired) electrons. The number of benzene rings is 1. The molecule has 5 heteroatoms. The van der Waals surface area contributed by atoms with Crippen molar-refractivity contribution in [1.29, 1.82) is 0 Å². The van der Waals surface area contributed by atoms with Gasteiger partial charge in [0.2, 0.25) is 0 Å². The van der Waals surface area contributed by atoms with Gasteiger partial charge in [-0.25, -0.2) is 0 Å². The number of pyridine rings is 1. The number of hydrogen-bond acceptors (Lipinski definition) is 3. The van der Waals surface area contributed by atoms with E-state index < -0.39 is 10.8 Å². The van der Waals surface area contributed by atoms with E-state index >= 15 is 0 Å². The molecule has 0 saturated heterocycles. The summed E-state index contributed by atoms with van der Waals surface area (Å²) >= 11 is 6.06. The average molecular weight is 295 g/mol. The lowest BCUT2D eigenvalue weighted by atomic mass is 10.2. The minimum Gasteiger partial charge on any atom is -0.325 e. The molecule has 1 aromatic heterocycles. The van der Waals surface area contributed by atoms with Gasteiger partial charge in [0, 0.05) is 28.6 Å². The second kappa shape index (κ2) is 6.80. The lowest BCUT2D eigenvalue weighted by Gasteiger charge is -2.07. The summed E-state index contributed by atoms with van der Waals surface area (Å²) in [5, 5.41) is 0.654. The van der Waals surface area contributed by atoms with Crippen LogP contribution in [0.3, 0.4) is 0 Å². The van der Waals surface area contributed by atoms with Gasteiger partial charge in [0.05, 0.1) is 17.2 Å². The van der Waals surface area contributed by atoms with E-state index in [1.807, 2.05) is 36.4 Å². The Kier molecular flexibility index (Phi) is 5.07. The Morgan fingerprint density at radius 2 is 1.79 bits per heavy atom. The summed E-state index contributed by atoms with van der Waals surface area (Å²) < 4.78 is 12.2. The van der Waals surface area contributed by atoms with Crippen molar-refractivity contribution in [3.63, 3.8) is 0 Å². The van der Waals surface area contributed by atoms with Gasteiger partial charge in [-0.05, 0) is 23.3 Å². The van der Waals surface area contributed by atoms with E-state index in [2.05, 4.69) is 4.98 Å². The Balaban J connectivity index is 2.08. The molecule has 0 aliphatic carbocycles. The number of nitrogens with two attached hydrogens (primary N) is 1. The maximum Gasteiger partial charge on any atom is 0.0580 e. The van der Waals surface area contributed by atoms with Crippen LogP contribution in [0, 0.1) is 0 Å². The highest BCUT2D eigenvalue weighted by atomic mass is 35.5. The van der Waals surface area contributed by atoms with Gasteiger partial charge < -0.3 is 5.73 Å². The lowest BCUT2D eigenvalue weighted by molar-refractivity contribution is 0.681. The second-order valence-corrected chi connectivity index (χ2v) is 6.00. The highest BCUT2D eigenvalue weighted by Crippen LogP contribution is 2.18. The van der Waals surface area contributed by atoms with Crippen LogP contribution in [0.25, 0.3) is 0 Å². The Labute approximate surface area is 120 Å². The van der Waals surface area contributed by atoms with Crippen LogP contribution in [-0.4, -0.2) is 9.19 Å². The van der Waals surface area contributed by atoms with Gasteiger partial charge in [-0.3, -0.25) is 9.19 Å². The summed E-state index contributed by atoms with van der Waals surface area (Å²) in [6.45, 7) is 0.361. The summed E-state index contributed by atoms with van der Waals surface area (Å²) in [6.07, 6.45) is 1.70. The standard InChI is InChI=1S/C14H15ClN2OS/c15-13-6-2-1-4-11(13)9-19(18)10-12-5-3-7-17-14(12)8-16/h1-7H,8-10,16H2. The van der Waals surface area contributed by atoms with Gasteiger partial charge in [-0.15, -0.1) is 0 Å². The molecule has 1 aromatic carbocycles. The molecular formula is C14H15ClN2OS. The molecule has 1 heterocycles. The van der Waals surface area contributed by atoms with Crippen molar-refractivity contribution in [2.75, 3.05) is 0 Å². The van der Waals surface area contributed by atoms with Crippen LogP contribution >= 0.6 is 11.6 Å². The summed E-state index contributed by atoms with van der Waals surface area (Å²) in [5.41, 5.74) is 8.27. The monoisotopic (exact) mass is 294 g/mol. The van der Waals surface area contributed by atoms with Crippen molar-refractivity contribution in [3.8, 4) is 0 Å². The van der Waals surface area contributed by atoms with E-state index in [0.717, 1.165) is 16.8 Å². The van der Waals surface area contributed by atoms with Crippen LogP contribution in [0.15, 0.2) is 42.6 Å². The molecule has 0 aliphatic rings. The fourth-order valence-electron chi connectivity index (χ4n) is 1.80. The van der Waals surface area contributed by atoms with E-state index in [9.17, 15) is 4.21 Å². The van der Waals surface area contributed by atoms with Gasteiger partial charge in [0.25, 0.3) is 0 Å². The Morgan fingerprint density at radius 1 is 1.11 bits per heavy atom. The van der Waals surface area contributed by atoms with Crippen LogP contribution in [0.5, 0.6) is 0 Å². The zero-order valence-corrected chi connectivity index (χ0v) is 12.0. The molecule has 19 heavy (non-hydrogen) atoms. The van der Waals surface area contributed by atoms with Crippen LogP contribution < -0.4 is 5.73 Å². The van der Waals surface area contributed by atoms with Crippen molar-refractivity contribution in [2.45, 2.75) is 18.1 Å². The predicted octanol–water partition coefficient (Wildman–Crippen LogP) is 2.64. The first kappa shape index (κ1) is 14.2. The molecule has 100 valence electrons. The van der Waals surface area contributed by atoms with Gasteiger partial charge in [0.1, 0.15) is 0 Å². The average Bonchev–Trinajstić information content (AvgIpc) is 2.42. The van der Waals surface area contributed by atoms with E-state index in [1.54, 1.807) is 6.20 Å². The molecule has 0 amide bonds. The molecule has 0 fully saturated rings. The third-order valence-corrected chi connectivity index (χ3v) is 4.40. The summed E-state index contributed by atoms with van der Waals surface area (Å²) in [6, 6.07) is 11.2. The Bertz CT molecular complexity index is 589. The topological polar surface area (TPSA) is 56.0 Å². The number of hydrogen-bond donors (Lipinski definition) is 1. The summed E-state index contributed by atoms with van der Waals surface area (Å²) in [5.74, 6) is 0.893. The molecule has 2 rings (SSSR count). The third kappa shape index (κ3) is 3.86. The molecule has 0 aliphatic heterocycles. The SMILES string of the molecule is NCc1ncccc1CS(=O)Cc1ccccc1Cl. The van der Waals surface area contributed by atoms with Crippen molar-refractivity contribution in [3.05, 3.63) is 64.4 Å². The van der Waals surface area contributed by atoms with Gasteiger partial charge in [-0.1, -0.05) is 35.9 Å². The van der Waals surface area contributed by atoms with Crippen LogP contribution in [0.1, 0.15) is 16.8 Å². The maximum absolute atomic E-state index is 12.2. The van der Waals surface area contributed by atoms with Crippen molar-refractivity contribution in [2.24, 2.45) is 5.73 Å². The zero-order valence-electron chi connectivity index (χ0n) is 10.4. The highest BCUT2D eigenvalue weighted by Gasteiger charge is 2.09.